The Hall–Kier alpha value is -0.570. The third-order valence-corrected chi connectivity index (χ3v) is 1.87. The van der Waals surface area contributed by atoms with E-state index in [-0.39, 0.29) is 12.1 Å². The molecule has 1 rings (SSSR count). The van der Waals surface area contributed by atoms with Gasteiger partial charge in [-0.15, -0.1) is 0 Å². The zero-order valence-corrected chi connectivity index (χ0v) is 6.93. The van der Waals surface area contributed by atoms with Gasteiger partial charge in [0.25, 0.3) is 0 Å². The summed E-state index contributed by atoms with van der Waals surface area (Å²) < 4.78 is 5.09. The first kappa shape index (κ1) is 8.53. The quantitative estimate of drug-likeness (QED) is 0.610. The Morgan fingerprint density at radius 3 is 2.82 bits per heavy atom. The normalized spacial score (nSPS) is 17.5. The van der Waals surface area contributed by atoms with Gasteiger partial charge in [-0.05, 0) is 25.8 Å². The molecule has 1 N–H and O–H groups in total. The first-order valence-corrected chi connectivity index (χ1v) is 4.23. The van der Waals surface area contributed by atoms with Crippen molar-refractivity contribution in [1.29, 1.82) is 0 Å². The predicted octanol–water partition coefficient (Wildman–Crippen LogP) is 0.692. The predicted molar refractivity (Wildman–Crippen MR) is 42.3 cm³/mol. The molecular formula is C8H15NO2. The van der Waals surface area contributed by atoms with Gasteiger partial charge < -0.3 is 10.1 Å². The lowest BCUT2D eigenvalue weighted by Crippen LogP contribution is -2.31. The Bertz CT molecular complexity index is 132. The van der Waals surface area contributed by atoms with Crippen LogP contribution in [0.3, 0.4) is 0 Å². The summed E-state index contributed by atoms with van der Waals surface area (Å²) >= 11 is 0. The van der Waals surface area contributed by atoms with Crippen molar-refractivity contribution in [3.63, 3.8) is 0 Å². The first-order valence-electron chi connectivity index (χ1n) is 4.23. The van der Waals surface area contributed by atoms with Crippen molar-refractivity contribution in [3.05, 3.63) is 0 Å². The summed E-state index contributed by atoms with van der Waals surface area (Å²) in [6.07, 6.45) is 3.54. The van der Waals surface area contributed by atoms with Crippen LogP contribution in [0.5, 0.6) is 0 Å². The fraction of sp³-hybridized carbons (Fsp3) is 0.875. The van der Waals surface area contributed by atoms with Gasteiger partial charge in [0, 0.05) is 0 Å². The lowest BCUT2D eigenvalue weighted by atomic mass is 9.96. The largest absolute Gasteiger partial charge is 0.461 e. The first-order chi connectivity index (χ1) is 5.33. The van der Waals surface area contributed by atoms with Crippen molar-refractivity contribution in [3.8, 4) is 0 Å². The highest BCUT2D eigenvalue weighted by Crippen LogP contribution is 2.21. The Balaban J connectivity index is 2.00. The van der Waals surface area contributed by atoms with Crippen LogP contribution >= 0.6 is 0 Å². The van der Waals surface area contributed by atoms with E-state index < -0.39 is 0 Å². The molecule has 1 aliphatic rings. The van der Waals surface area contributed by atoms with Gasteiger partial charge >= 0.3 is 5.97 Å². The second-order valence-corrected chi connectivity index (χ2v) is 2.82. The molecule has 0 aromatic rings. The number of esters is 1. The van der Waals surface area contributed by atoms with E-state index in [4.69, 9.17) is 4.74 Å². The number of likely N-dealkylation sites (N-methyl/N-ethyl adjacent to an activating group) is 1. The molecule has 0 unspecified atom stereocenters. The topological polar surface area (TPSA) is 38.3 Å². The third kappa shape index (κ3) is 2.89. The van der Waals surface area contributed by atoms with Crippen molar-refractivity contribution in [2.24, 2.45) is 0 Å². The summed E-state index contributed by atoms with van der Waals surface area (Å²) in [7, 11) is 0. The van der Waals surface area contributed by atoms with Crippen LogP contribution in [-0.2, 0) is 9.53 Å². The van der Waals surface area contributed by atoms with Gasteiger partial charge in [-0.2, -0.15) is 0 Å². The van der Waals surface area contributed by atoms with Gasteiger partial charge in [0.05, 0.1) is 6.54 Å². The Morgan fingerprint density at radius 1 is 1.64 bits per heavy atom. The summed E-state index contributed by atoms with van der Waals surface area (Å²) in [5.41, 5.74) is 0. The lowest BCUT2D eigenvalue weighted by Gasteiger charge is -2.25. The van der Waals surface area contributed by atoms with Gasteiger partial charge in [0.15, 0.2) is 0 Å². The Kier molecular flexibility index (Phi) is 3.36. The molecule has 0 aromatic heterocycles. The minimum Gasteiger partial charge on any atom is -0.461 e. The zero-order chi connectivity index (χ0) is 8.10. The zero-order valence-electron chi connectivity index (χ0n) is 6.93. The molecule has 0 bridgehead atoms. The highest BCUT2D eigenvalue weighted by molar-refractivity contribution is 5.71. The van der Waals surface area contributed by atoms with Crippen molar-refractivity contribution in [2.45, 2.75) is 32.3 Å². The molecular weight excluding hydrogens is 142 g/mol. The second-order valence-electron chi connectivity index (χ2n) is 2.82. The minimum atomic E-state index is -0.114. The maximum atomic E-state index is 10.9. The average molecular weight is 157 g/mol. The van der Waals surface area contributed by atoms with E-state index >= 15 is 0 Å². The second kappa shape index (κ2) is 4.34. The van der Waals surface area contributed by atoms with Crippen LogP contribution in [0.4, 0.5) is 0 Å². The molecule has 1 aliphatic carbocycles. The monoisotopic (exact) mass is 157 g/mol. The maximum absolute atomic E-state index is 10.9. The van der Waals surface area contributed by atoms with Crippen LogP contribution < -0.4 is 5.32 Å². The van der Waals surface area contributed by atoms with Crippen molar-refractivity contribution in [2.75, 3.05) is 13.1 Å². The number of nitrogens with one attached hydrogen (secondary N) is 1. The van der Waals surface area contributed by atoms with Crippen LogP contribution in [0.1, 0.15) is 26.2 Å². The molecule has 0 atom stereocenters. The summed E-state index contributed by atoms with van der Waals surface area (Å²) in [4.78, 5) is 10.9. The highest BCUT2D eigenvalue weighted by atomic mass is 16.5. The van der Waals surface area contributed by atoms with E-state index in [2.05, 4.69) is 5.32 Å². The smallest absolute Gasteiger partial charge is 0.320 e. The van der Waals surface area contributed by atoms with Gasteiger partial charge in [0.1, 0.15) is 6.10 Å². The van der Waals surface area contributed by atoms with Crippen LogP contribution in [0.15, 0.2) is 0 Å². The molecule has 0 aliphatic heterocycles. The molecule has 0 amide bonds. The van der Waals surface area contributed by atoms with E-state index in [0.717, 1.165) is 19.4 Å². The van der Waals surface area contributed by atoms with E-state index in [1.54, 1.807) is 0 Å². The summed E-state index contributed by atoms with van der Waals surface area (Å²) in [5, 5.41) is 2.93. The molecule has 1 fully saturated rings. The minimum absolute atomic E-state index is 0.114. The summed E-state index contributed by atoms with van der Waals surface area (Å²) in [5.74, 6) is -0.114. The molecule has 0 heterocycles. The van der Waals surface area contributed by atoms with Crippen molar-refractivity contribution in [1.82, 2.24) is 5.32 Å². The molecule has 64 valence electrons. The average Bonchev–Trinajstić information content (AvgIpc) is 1.93. The number of rotatable bonds is 4. The summed E-state index contributed by atoms with van der Waals surface area (Å²) in [6, 6.07) is 0. The van der Waals surface area contributed by atoms with Crippen LogP contribution in [0.2, 0.25) is 0 Å². The fourth-order valence-corrected chi connectivity index (χ4v) is 0.943. The molecule has 1 saturated carbocycles. The molecule has 0 spiro atoms. The van der Waals surface area contributed by atoms with Gasteiger partial charge in [0.2, 0.25) is 0 Å². The molecule has 0 radical (unpaired) electrons. The van der Waals surface area contributed by atoms with Crippen LogP contribution in [0.25, 0.3) is 0 Å². The molecule has 11 heavy (non-hydrogen) atoms. The van der Waals surface area contributed by atoms with E-state index in [1.807, 2.05) is 6.92 Å². The highest BCUT2D eigenvalue weighted by Gasteiger charge is 2.20. The van der Waals surface area contributed by atoms with E-state index in [0.29, 0.717) is 6.54 Å². The molecule has 0 saturated heterocycles. The van der Waals surface area contributed by atoms with Gasteiger partial charge in [-0.1, -0.05) is 6.92 Å². The summed E-state index contributed by atoms with van der Waals surface area (Å²) in [6.45, 7) is 3.14. The fourth-order valence-electron chi connectivity index (χ4n) is 0.943. The number of ether oxygens (including phenoxy) is 1. The Labute approximate surface area is 67.1 Å². The van der Waals surface area contributed by atoms with Gasteiger partial charge in [-0.3, -0.25) is 4.79 Å². The van der Waals surface area contributed by atoms with Gasteiger partial charge in [-0.25, -0.2) is 0 Å². The van der Waals surface area contributed by atoms with Crippen LogP contribution in [-0.4, -0.2) is 25.2 Å². The van der Waals surface area contributed by atoms with Crippen LogP contribution in [0, 0.1) is 0 Å². The number of hydrogen-bond acceptors (Lipinski definition) is 3. The van der Waals surface area contributed by atoms with E-state index in [1.165, 1.54) is 6.42 Å². The molecule has 3 heteroatoms. The van der Waals surface area contributed by atoms with Crippen molar-refractivity contribution >= 4 is 5.97 Å². The van der Waals surface area contributed by atoms with Crippen molar-refractivity contribution < 1.29 is 9.53 Å². The number of carbonyl (C=O) groups is 1. The molecule has 3 nitrogen and oxygen atoms in total. The maximum Gasteiger partial charge on any atom is 0.320 e. The molecule has 0 aromatic carbocycles. The Morgan fingerprint density at radius 2 is 2.36 bits per heavy atom. The third-order valence-electron chi connectivity index (χ3n) is 1.87. The number of hydrogen-bond donors (Lipinski definition) is 1. The number of carbonyl (C=O) groups excluding carboxylic acids is 1. The lowest BCUT2D eigenvalue weighted by molar-refractivity contribution is -0.151. The SMILES string of the molecule is CCNCC(=O)OC1CCC1. The van der Waals surface area contributed by atoms with E-state index in [9.17, 15) is 4.79 Å². The standard InChI is InChI=1S/C8H15NO2/c1-2-9-6-8(10)11-7-4-3-5-7/h7,9H,2-6H2,1H3.